The van der Waals surface area contributed by atoms with Crippen molar-refractivity contribution in [2.75, 3.05) is 46.2 Å². The lowest BCUT2D eigenvalue weighted by Gasteiger charge is -2.31. The van der Waals surface area contributed by atoms with Crippen LogP contribution in [0.2, 0.25) is 10.0 Å². The van der Waals surface area contributed by atoms with Crippen LogP contribution in [-0.2, 0) is 14.3 Å². The number of ether oxygens (including phenoxy) is 3. The zero-order valence-corrected chi connectivity index (χ0v) is 19.6. The van der Waals surface area contributed by atoms with Gasteiger partial charge in [-0.05, 0) is 35.9 Å². The molecule has 2 aromatic carbocycles. The first-order valence-corrected chi connectivity index (χ1v) is 11.6. The van der Waals surface area contributed by atoms with E-state index in [4.69, 9.17) is 37.4 Å². The molecule has 2 fully saturated rings. The molecule has 5 rings (SSSR count). The zero-order chi connectivity index (χ0) is 23.8. The number of nitrogens with zero attached hydrogens (tertiary/aromatic N) is 2. The highest BCUT2D eigenvalue weighted by molar-refractivity contribution is 6.46. The molecule has 0 unspecified atom stereocenters. The Labute approximate surface area is 206 Å². The van der Waals surface area contributed by atoms with Crippen LogP contribution >= 0.6 is 23.2 Å². The molecule has 0 aromatic heterocycles. The van der Waals surface area contributed by atoms with Crippen molar-refractivity contribution >= 4 is 40.7 Å². The maximum atomic E-state index is 13.2. The summed E-state index contributed by atoms with van der Waals surface area (Å²) in [6, 6.07) is 8.98. The minimum Gasteiger partial charge on any atom is -0.507 e. The van der Waals surface area contributed by atoms with Crippen molar-refractivity contribution in [3.05, 3.63) is 63.1 Å². The van der Waals surface area contributed by atoms with Gasteiger partial charge in [0.25, 0.3) is 11.7 Å². The fraction of sp³-hybridized carbons (Fsp3) is 0.333. The highest BCUT2D eigenvalue weighted by Gasteiger charge is 2.46. The number of fused-ring (bicyclic) bond motifs is 1. The van der Waals surface area contributed by atoms with Gasteiger partial charge in [0.1, 0.15) is 5.76 Å². The number of carbonyl (C=O) groups is 2. The van der Waals surface area contributed by atoms with E-state index in [0.717, 1.165) is 13.1 Å². The van der Waals surface area contributed by atoms with Crippen LogP contribution in [0.4, 0.5) is 0 Å². The molecule has 0 saturated carbocycles. The van der Waals surface area contributed by atoms with Gasteiger partial charge in [0.05, 0.1) is 34.9 Å². The summed E-state index contributed by atoms with van der Waals surface area (Å²) in [7, 11) is 0. The van der Waals surface area contributed by atoms with Gasteiger partial charge in [0.15, 0.2) is 11.5 Å². The van der Waals surface area contributed by atoms with Crippen molar-refractivity contribution in [3.63, 3.8) is 0 Å². The first-order chi connectivity index (χ1) is 16.4. The van der Waals surface area contributed by atoms with Crippen molar-refractivity contribution in [2.45, 2.75) is 6.04 Å². The number of ketones is 1. The van der Waals surface area contributed by atoms with E-state index in [1.807, 2.05) is 0 Å². The molecule has 2 aromatic rings. The molecule has 178 valence electrons. The fourth-order valence-electron chi connectivity index (χ4n) is 4.41. The highest BCUT2D eigenvalue weighted by Crippen LogP contribution is 2.42. The van der Waals surface area contributed by atoms with Crippen LogP contribution in [0.5, 0.6) is 11.5 Å². The summed E-state index contributed by atoms with van der Waals surface area (Å²) in [5, 5.41) is 11.9. The summed E-state index contributed by atoms with van der Waals surface area (Å²) < 4.78 is 16.1. The van der Waals surface area contributed by atoms with Gasteiger partial charge < -0.3 is 24.2 Å². The Morgan fingerprint density at radius 1 is 0.971 bits per heavy atom. The molecule has 3 aliphatic rings. The third-order valence-electron chi connectivity index (χ3n) is 6.21. The van der Waals surface area contributed by atoms with Crippen LogP contribution in [0.25, 0.3) is 5.76 Å². The Kier molecular flexibility index (Phi) is 6.40. The van der Waals surface area contributed by atoms with Crippen LogP contribution in [0, 0.1) is 0 Å². The predicted molar refractivity (Wildman–Crippen MR) is 125 cm³/mol. The number of hydrogen-bond donors (Lipinski definition) is 1. The summed E-state index contributed by atoms with van der Waals surface area (Å²) in [5.41, 5.74) is 0.919. The van der Waals surface area contributed by atoms with Crippen LogP contribution in [0.3, 0.4) is 0 Å². The number of Topliss-reactive ketones (excluding diaryl/α,β-unsaturated/α-hetero) is 1. The molecule has 1 amide bonds. The van der Waals surface area contributed by atoms with E-state index in [2.05, 4.69) is 4.90 Å². The van der Waals surface area contributed by atoms with Crippen molar-refractivity contribution in [2.24, 2.45) is 0 Å². The van der Waals surface area contributed by atoms with Gasteiger partial charge in [-0.25, -0.2) is 0 Å². The highest BCUT2D eigenvalue weighted by atomic mass is 35.5. The van der Waals surface area contributed by atoms with Crippen molar-refractivity contribution in [1.29, 1.82) is 0 Å². The molecule has 0 spiro atoms. The fourth-order valence-corrected chi connectivity index (χ4v) is 4.72. The first-order valence-electron chi connectivity index (χ1n) is 10.9. The third-order valence-corrected chi connectivity index (χ3v) is 6.95. The minimum atomic E-state index is -0.818. The second-order valence-electron chi connectivity index (χ2n) is 8.19. The molecule has 1 atom stereocenters. The van der Waals surface area contributed by atoms with E-state index >= 15 is 0 Å². The number of halogens is 2. The number of aliphatic hydroxyl groups is 1. The molecular weight excluding hydrogens is 483 g/mol. The first kappa shape index (κ1) is 23.0. The van der Waals surface area contributed by atoms with E-state index < -0.39 is 17.7 Å². The summed E-state index contributed by atoms with van der Waals surface area (Å²) in [6.07, 6.45) is 0. The normalized spacial score (nSPS) is 21.9. The van der Waals surface area contributed by atoms with E-state index in [1.54, 1.807) is 36.4 Å². The molecule has 8 nitrogen and oxygen atoms in total. The smallest absolute Gasteiger partial charge is 0.295 e. The topological polar surface area (TPSA) is 88.5 Å². The third kappa shape index (κ3) is 4.22. The van der Waals surface area contributed by atoms with E-state index in [0.29, 0.717) is 59.0 Å². The van der Waals surface area contributed by atoms with E-state index in [1.165, 1.54) is 4.90 Å². The Morgan fingerprint density at radius 3 is 2.50 bits per heavy atom. The zero-order valence-electron chi connectivity index (χ0n) is 18.1. The van der Waals surface area contributed by atoms with Gasteiger partial charge in [-0.3, -0.25) is 14.5 Å². The number of carbonyl (C=O) groups excluding carboxylic acids is 2. The molecule has 3 aliphatic heterocycles. The summed E-state index contributed by atoms with van der Waals surface area (Å²) in [6.45, 7) is 3.69. The molecule has 0 radical (unpaired) electrons. The van der Waals surface area contributed by atoms with Crippen LogP contribution in [0.1, 0.15) is 17.2 Å². The SMILES string of the molecule is O=C1C(=O)N(CCN2CCOCC2)[C@H](c2ccc(Cl)c(Cl)c2)C1=C(O)c1ccc2c(c1)OCO2. The predicted octanol–water partition coefficient (Wildman–Crippen LogP) is 3.48. The minimum absolute atomic E-state index is 0.00997. The van der Waals surface area contributed by atoms with Crippen molar-refractivity contribution in [1.82, 2.24) is 9.80 Å². The Balaban J connectivity index is 1.55. The standard InChI is InChI=1S/C24H22Cl2N2O6/c25-16-3-1-14(11-17(16)26)21-20(22(29)15-2-4-18-19(12-15)34-13-33-18)23(30)24(31)28(21)6-5-27-7-9-32-10-8-27/h1-4,11-12,21,29H,5-10,13H2/t21-/m1/s1. The molecule has 1 N–H and O–H groups in total. The number of aliphatic hydroxyl groups excluding tert-OH is 1. The van der Waals surface area contributed by atoms with E-state index in [9.17, 15) is 14.7 Å². The van der Waals surface area contributed by atoms with Crippen molar-refractivity contribution in [3.8, 4) is 11.5 Å². The number of rotatable bonds is 5. The molecule has 3 heterocycles. The average Bonchev–Trinajstić information content (AvgIpc) is 3.42. The molecule has 34 heavy (non-hydrogen) atoms. The average molecular weight is 505 g/mol. The molecule has 10 heteroatoms. The van der Waals surface area contributed by atoms with Gasteiger partial charge in [-0.2, -0.15) is 0 Å². The molecule has 2 saturated heterocycles. The number of hydrogen-bond acceptors (Lipinski definition) is 7. The monoisotopic (exact) mass is 504 g/mol. The summed E-state index contributed by atoms with van der Waals surface area (Å²) >= 11 is 12.4. The van der Waals surface area contributed by atoms with Crippen molar-refractivity contribution < 1.29 is 28.9 Å². The maximum absolute atomic E-state index is 13.2. The Morgan fingerprint density at radius 2 is 1.74 bits per heavy atom. The number of likely N-dealkylation sites (tertiary alicyclic amines) is 1. The van der Waals surface area contributed by atoms with Crippen LogP contribution in [-0.4, -0.2) is 72.8 Å². The number of benzene rings is 2. The van der Waals surface area contributed by atoms with E-state index in [-0.39, 0.29) is 18.1 Å². The molecule has 0 aliphatic carbocycles. The number of amides is 1. The molecule has 0 bridgehead atoms. The van der Waals surface area contributed by atoms with Gasteiger partial charge in [0.2, 0.25) is 6.79 Å². The second-order valence-corrected chi connectivity index (χ2v) is 9.00. The quantitative estimate of drug-likeness (QED) is 0.378. The Bertz CT molecular complexity index is 1180. The van der Waals surface area contributed by atoms with Gasteiger partial charge in [-0.15, -0.1) is 0 Å². The van der Waals surface area contributed by atoms with Gasteiger partial charge in [-0.1, -0.05) is 29.3 Å². The Hall–Kier alpha value is -2.78. The summed E-state index contributed by atoms with van der Waals surface area (Å²) in [4.78, 5) is 30.0. The second kappa shape index (κ2) is 9.46. The number of morpholine rings is 1. The van der Waals surface area contributed by atoms with Crippen LogP contribution in [0.15, 0.2) is 42.0 Å². The van der Waals surface area contributed by atoms with Gasteiger partial charge >= 0.3 is 0 Å². The molecular formula is C24H22Cl2N2O6. The van der Waals surface area contributed by atoms with Gasteiger partial charge in [0, 0.05) is 31.7 Å². The largest absolute Gasteiger partial charge is 0.507 e. The maximum Gasteiger partial charge on any atom is 0.295 e. The lowest BCUT2D eigenvalue weighted by atomic mass is 9.95. The van der Waals surface area contributed by atoms with Crippen LogP contribution < -0.4 is 9.47 Å². The lowest BCUT2D eigenvalue weighted by molar-refractivity contribution is -0.140. The summed E-state index contributed by atoms with van der Waals surface area (Å²) in [5.74, 6) is -0.721. The lowest BCUT2D eigenvalue weighted by Crippen LogP contribution is -2.42.